The molecule has 27 heavy (non-hydrogen) atoms. The molecule has 0 aliphatic carbocycles. The summed E-state index contributed by atoms with van der Waals surface area (Å²) in [5.74, 6) is 0.783. The first-order valence-corrected chi connectivity index (χ1v) is 9.40. The van der Waals surface area contributed by atoms with E-state index in [2.05, 4.69) is 10.2 Å². The molecule has 0 atom stereocenters. The van der Waals surface area contributed by atoms with Gasteiger partial charge in [0.1, 0.15) is 6.54 Å². The van der Waals surface area contributed by atoms with Crippen molar-refractivity contribution in [3.63, 3.8) is 0 Å². The van der Waals surface area contributed by atoms with Crippen LogP contribution in [-0.4, -0.2) is 33.0 Å². The smallest absolute Gasteiger partial charge is 0.238 e. The molecule has 0 saturated heterocycles. The summed E-state index contributed by atoms with van der Waals surface area (Å²) in [5, 5.41) is 18.2. The highest BCUT2D eigenvalue weighted by molar-refractivity contribution is 7.99. The van der Waals surface area contributed by atoms with Gasteiger partial charge in [-0.05, 0) is 19.1 Å². The molecular weight excluding hydrogens is 358 g/mol. The van der Waals surface area contributed by atoms with Gasteiger partial charge < -0.3 is 4.57 Å². The average molecular weight is 377 g/mol. The zero-order chi connectivity index (χ0) is 19.2. The fourth-order valence-electron chi connectivity index (χ4n) is 2.60. The van der Waals surface area contributed by atoms with Gasteiger partial charge in [-0.2, -0.15) is 5.26 Å². The number of rotatable bonds is 6. The van der Waals surface area contributed by atoms with E-state index in [4.69, 9.17) is 5.26 Å². The standard InChI is InChI=1S/C20H19N5OS/c1-15-8-10-16(11-9-15)19-22-23-20(24(19)2)27-14-18(26)25(13-12-21)17-6-4-3-5-7-17/h3-11H,13-14H2,1-2H3. The molecule has 0 spiro atoms. The first-order valence-electron chi connectivity index (χ1n) is 8.41. The number of amides is 1. The van der Waals surface area contributed by atoms with Crippen LogP contribution in [0.25, 0.3) is 11.4 Å². The summed E-state index contributed by atoms with van der Waals surface area (Å²) >= 11 is 1.31. The Labute approximate surface area is 162 Å². The van der Waals surface area contributed by atoms with Crippen molar-refractivity contribution in [3.05, 3.63) is 60.2 Å². The molecule has 0 saturated carbocycles. The van der Waals surface area contributed by atoms with Gasteiger partial charge in [0.15, 0.2) is 11.0 Å². The van der Waals surface area contributed by atoms with Crippen LogP contribution in [0, 0.1) is 18.3 Å². The van der Waals surface area contributed by atoms with E-state index in [1.165, 1.54) is 22.2 Å². The summed E-state index contributed by atoms with van der Waals surface area (Å²) in [7, 11) is 1.88. The number of hydrogen-bond donors (Lipinski definition) is 0. The van der Waals surface area contributed by atoms with Crippen molar-refractivity contribution in [1.82, 2.24) is 14.8 Å². The number of nitriles is 1. The van der Waals surface area contributed by atoms with Gasteiger partial charge in [0.2, 0.25) is 5.91 Å². The quantitative estimate of drug-likeness (QED) is 0.486. The molecule has 7 heteroatoms. The molecule has 0 radical (unpaired) electrons. The van der Waals surface area contributed by atoms with E-state index in [-0.39, 0.29) is 18.2 Å². The molecule has 1 aromatic heterocycles. The molecule has 0 unspecified atom stereocenters. The van der Waals surface area contributed by atoms with Crippen LogP contribution in [0.4, 0.5) is 5.69 Å². The molecule has 6 nitrogen and oxygen atoms in total. The van der Waals surface area contributed by atoms with Gasteiger partial charge in [-0.3, -0.25) is 9.69 Å². The highest BCUT2D eigenvalue weighted by Gasteiger charge is 2.18. The number of carbonyl (C=O) groups is 1. The fourth-order valence-corrected chi connectivity index (χ4v) is 3.39. The van der Waals surface area contributed by atoms with E-state index in [0.29, 0.717) is 10.8 Å². The monoisotopic (exact) mass is 377 g/mol. The second kappa shape index (κ2) is 8.52. The maximum Gasteiger partial charge on any atom is 0.238 e. The Bertz CT molecular complexity index is 960. The summed E-state index contributed by atoms with van der Waals surface area (Å²) in [6, 6.07) is 19.3. The van der Waals surface area contributed by atoms with Crippen molar-refractivity contribution < 1.29 is 4.79 Å². The molecule has 1 heterocycles. The Kier molecular flexibility index (Phi) is 5.89. The lowest BCUT2D eigenvalue weighted by atomic mass is 10.1. The molecule has 3 aromatic rings. The van der Waals surface area contributed by atoms with Crippen LogP contribution in [0.15, 0.2) is 59.8 Å². The zero-order valence-electron chi connectivity index (χ0n) is 15.2. The summed E-state index contributed by atoms with van der Waals surface area (Å²) < 4.78 is 1.87. The maximum atomic E-state index is 12.6. The maximum absolute atomic E-state index is 12.6. The first-order chi connectivity index (χ1) is 13.1. The number of benzene rings is 2. The van der Waals surface area contributed by atoms with Crippen molar-refractivity contribution in [3.8, 4) is 17.5 Å². The largest absolute Gasteiger partial charge is 0.305 e. The van der Waals surface area contributed by atoms with E-state index in [9.17, 15) is 4.79 Å². The number of para-hydroxylation sites is 1. The molecule has 0 fully saturated rings. The van der Waals surface area contributed by atoms with Gasteiger partial charge in [0.25, 0.3) is 0 Å². The number of hydrogen-bond acceptors (Lipinski definition) is 5. The van der Waals surface area contributed by atoms with Crippen molar-refractivity contribution in [2.24, 2.45) is 7.05 Å². The lowest BCUT2D eigenvalue weighted by Gasteiger charge is -2.19. The lowest BCUT2D eigenvalue weighted by Crippen LogP contribution is -2.32. The van der Waals surface area contributed by atoms with Crippen LogP contribution in [0.1, 0.15) is 5.56 Å². The molecule has 3 rings (SSSR count). The molecular formula is C20H19N5OS. The fraction of sp³-hybridized carbons (Fsp3) is 0.200. The minimum atomic E-state index is -0.146. The van der Waals surface area contributed by atoms with Gasteiger partial charge in [0.05, 0.1) is 11.8 Å². The minimum absolute atomic E-state index is 0.0108. The second-order valence-electron chi connectivity index (χ2n) is 5.99. The van der Waals surface area contributed by atoms with E-state index in [0.717, 1.165) is 11.4 Å². The van der Waals surface area contributed by atoms with Gasteiger partial charge >= 0.3 is 0 Å². The second-order valence-corrected chi connectivity index (χ2v) is 6.94. The lowest BCUT2D eigenvalue weighted by molar-refractivity contribution is -0.116. The summed E-state index contributed by atoms with van der Waals surface area (Å²) in [5.41, 5.74) is 2.87. The van der Waals surface area contributed by atoms with Crippen LogP contribution in [0.2, 0.25) is 0 Å². The van der Waals surface area contributed by atoms with E-state index in [1.807, 2.05) is 79.2 Å². The molecule has 0 N–H and O–H groups in total. The molecule has 1 amide bonds. The zero-order valence-corrected chi connectivity index (χ0v) is 16.0. The number of carbonyl (C=O) groups excluding carboxylic acids is 1. The number of nitrogens with zero attached hydrogens (tertiary/aromatic N) is 5. The predicted molar refractivity (Wildman–Crippen MR) is 106 cm³/mol. The number of anilines is 1. The summed E-state index contributed by atoms with van der Waals surface area (Å²) in [4.78, 5) is 14.1. The molecule has 2 aromatic carbocycles. The van der Waals surface area contributed by atoms with Gasteiger partial charge in [-0.1, -0.05) is 59.8 Å². The topological polar surface area (TPSA) is 74.8 Å². The van der Waals surface area contributed by atoms with Crippen molar-refractivity contribution in [2.75, 3.05) is 17.2 Å². The highest BCUT2D eigenvalue weighted by atomic mass is 32.2. The Hall–Kier alpha value is -3.11. The van der Waals surface area contributed by atoms with Gasteiger partial charge in [-0.25, -0.2) is 0 Å². The Morgan fingerprint density at radius 2 is 1.85 bits per heavy atom. The third-order valence-corrected chi connectivity index (χ3v) is 5.07. The first kappa shape index (κ1) is 18.7. The third-order valence-electron chi connectivity index (χ3n) is 4.07. The molecule has 0 bridgehead atoms. The average Bonchev–Trinajstić information content (AvgIpc) is 3.06. The molecule has 0 aliphatic heterocycles. The van der Waals surface area contributed by atoms with Crippen LogP contribution in [0.3, 0.4) is 0 Å². The Morgan fingerprint density at radius 1 is 1.15 bits per heavy atom. The highest BCUT2D eigenvalue weighted by Crippen LogP contribution is 2.24. The Morgan fingerprint density at radius 3 is 2.52 bits per heavy atom. The van der Waals surface area contributed by atoms with Crippen molar-refractivity contribution in [2.45, 2.75) is 12.1 Å². The van der Waals surface area contributed by atoms with E-state index >= 15 is 0 Å². The normalized spacial score (nSPS) is 10.4. The van der Waals surface area contributed by atoms with E-state index in [1.54, 1.807) is 0 Å². The SMILES string of the molecule is Cc1ccc(-c2nnc(SCC(=O)N(CC#N)c3ccccc3)n2C)cc1. The summed E-state index contributed by atoms with van der Waals surface area (Å²) in [6.45, 7) is 2.05. The number of aryl methyl sites for hydroxylation is 1. The summed E-state index contributed by atoms with van der Waals surface area (Å²) in [6.07, 6.45) is 0. The molecule has 0 aliphatic rings. The van der Waals surface area contributed by atoms with Crippen LogP contribution in [0.5, 0.6) is 0 Å². The number of aromatic nitrogens is 3. The predicted octanol–water partition coefficient (Wildman–Crippen LogP) is 3.44. The van der Waals surface area contributed by atoms with Crippen molar-refractivity contribution in [1.29, 1.82) is 5.26 Å². The minimum Gasteiger partial charge on any atom is -0.305 e. The van der Waals surface area contributed by atoms with Gasteiger partial charge in [-0.15, -0.1) is 10.2 Å². The number of thioether (sulfide) groups is 1. The van der Waals surface area contributed by atoms with Crippen LogP contribution >= 0.6 is 11.8 Å². The Balaban J connectivity index is 1.72. The van der Waals surface area contributed by atoms with Crippen molar-refractivity contribution >= 4 is 23.4 Å². The van der Waals surface area contributed by atoms with E-state index < -0.39 is 0 Å². The molecule has 136 valence electrons. The van der Waals surface area contributed by atoms with Gasteiger partial charge in [0, 0.05) is 18.3 Å². The third kappa shape index (κ3) is 4.36. The van der Waals surface area contributed by atoms with Crippen LogP contribution < -0.4 is 4.90 Å². The van der Waals surface area contributed by atoms with Crippen LogP contribution in [-0.2, 0) is 11.8 Å².